The monoisotopic (exact) mass is 514 g/mol. The number of piperidine rings is 1. The van der Waals surface area contributed by atoms with Crippen LogP contribution in [0.4, 0.5) is 18.9 Å². The van der Waals surface area contributed by atoms with E-state index in [1.165, 1.54) is 11.8 Å². The van der Waals surface area contributed by atoms with E-state index in [0.717, 1.165) is 22.9 Å². The molecule has 0 spiro atoms. The van der Waals surface area contributed by atoms with Gasteiger partial charge < -0.3 is 19.4 Å². The van der Waals surface area contributed by atoms with Gasteiger partial charge >= 0.3 is 6.18 Å². The Balaban J connectivity index is 1.28. The van der Waals surface area contributed by atoms with Crippen LogP contribution in [-0.2, 0) is 17.4 Å². The minimum absolute atomic E-state index is 0.0541. The van der Waals surface area contributed by atoms with Gasteiger partial charge in [0.15, 0.2) is 0 Å². The van der Waals surface area contributed by atoms with Crippen molar-refractivity contribution in [2.24, 2.45) is 0 Å². The molecule has 9 heteroatoms. The number of furan rings is 1. The molecule has 0 atom stereocenters. The smallest absolute Gasteiger partial charge is 0.450 e. The highest BCUT2D eigenvalue weighted by atomic mass is 19.4. The van der Waals surface area contributed by atoms with E-state index in [9.17, 15) is 22.8 Å². The average molecular weight is 515 g/mol. The summed E-state index contributed by atoms with van der Waals surface area (Å²) in [5, 5.41) is 2.91. The summed E-state index contributed by atoms with van der Waals surface area (Å²) in [5.74, 6) is -0.970. The molecule has 1 saturated heterocycles. The maximum Gasteiger partial charge on any atom is 0.450 e. The van der Waals surface area contributed by atoms with Gasteiger partial charge in [0.2, 0.25) is 11.7 Å². The first-order chi connectivity index (χ1) is 17.6. The molecule has 0 aliphatic carbocycles. The Labute approximate surface area is 213 Å². The summed E-state index contributed by atoms with van der Waals surface area (Å²) in [6.45, 7) is 2.11. The van der Waals surface area contributed by atoms with Crippen molar-refractivity contribution in [3.05, 3.63) is 82.8 Å². The van der Waals surface area contributed by atoms with Gasteiger partial charge in [-0.1, -0.05) is 24.3 Å². The molecular weight excluding hydrogens is 485 g/mol. The Morgan fingerprint density at radius 3 is 2.30 bits per heavy atom. The molecule has 37 heavy (non-hydrogen) atoms. The summed E-state index contributed by atoms with van der Waals surface area (Å²) >= 11 is 0. The molecule has 1 fully saturated rings. The third kappa shape index (κ3) is 6.53. The largest absolute Gasteiger partial charge is 0.497 e. The van der Waals surface area contributed by atoms with Crippen LogP contribution < -0.4 is 10.1 Å². The number of anilines is 1. The molecule has 0 bridgehead atoms. The Morgan fingerprint density at radius 2 is 1.70 bits per heavy atom. The lowest BCUT2D eigenvalue weighted by atomic mass is 9.89. The third-order valence-electron chi connectivity index (χ3n) is 6.59. The van der Waals surface area contributed by atoms with E-state index in [1.54, 1.807) is 7.11 Å². The number of benzene rings is 2. The van der Waals surface area contributed by atoms with E-state index in [2.05, 4.69) is 5.32 Å². The van der Waals surface area contributed by atoms with Crippen LogP contribution in [0.25, 0.3) is 0 Å². The predicted octanol–water partition coefficient (Wildman–Crippen LogP) is 6.21. The number of amides is 2. The highest BCUT2D eigenvalue weighted by Crippen LogP contribution is 2.36. The molecule has 1 aliphatic rings. The standard InChI is InChI=1S/C28H29F3N2O4/c1-18-17-24(26(37-18)28(29,30)31)27(35)33-15-13-21(14-16-33)20-6-8-22(9-7-20)32-25(34)12-5-19-3-10-23(36-2)11-4-19/h3-4,6-11,17,21H,5,12-16H2,1-2H3,(H,32,34). The second kappa shape index (κ2) is 11.1. The summed E-state index contributed by atoms with van der Waals surface area (Å²) in [4.78, 5) is 26.6. The maximum atomic E-state index is 13.2. The molecule has 0 radical (unpaired) electrons. The van der Waals surface area contributed by atoms with Crippen LogP contribution in [0.5, 0.6) is 5.75 Å². The zero-order valence-corrected chi connectivity index (χ0v) is 20.7. The summed E-state index contributed by atoms with van der Waals surface area (Å²) in [6, 6.07) is 16.3. The third-order valence-corrected chi connectivity index (χ3v) is 6.59. The van der Waals surface area contributed by atoms with Crippen LogP contribution in [-0.4, -0.2) is 36.9 Å². The van der Waals surface area contributed by atoms with E-state index in [1.807, 2.05) is 48.5 Å². The van der Waals surface area contributed by atoms with E-state index in [0.29, 0.717) is 44.5 Å². The van der Waals surface area contributed by atoms with Crippen LogP contribution in [0.15, 0.2) is 59.0 Å². The van der Waals surface area contributed by atoms with Crippen molar-refractivity contribution < 1.29 is 31.9 Å². The van der Waals surface area contributed by atoms with Gasteiger partial charge in [0, 0.05) is 25.2 Å². The van der Waals surface area contributed by atoms with Crippen molar-refractivity contribution in [3.63, 3.8) is 0 Å². The summed E-state index contributed by atoms with van der Waals surface area (Å²) in [7, 11) is 1.61. The van der Waals surface area contributed by atoms with E-state index in [-0.39, 0.29) is 17.6 Å². The lowest BCUT2D eigenvalue weighted by Crippen LogP contribution is -2.38. The van der Waals surface area contributed by atoms with Crippen LogP contribution in [0, 0.1) is 6.92 Å². The van der Waals surface area contributed by atoms with E-state index in [4.69, 9.17) is 9.15 Å². The Morgan fingerprint density at radius 1 is 1.05 bits per heavy atom. The first kappa shape index (κ1) is 26.3. The molecule has 0 unspecified atom stereocenters. The van der Waals surface area contributed by atoms with Crippen molar-refractivity contribution in [1.82, 2.24) is 4.90 Å². The molecule has 2 heterocycles. The molecule has 0 saturated carbocycles. The number of ether oxygens (including phenoxy) is 1. The number of nitrogens with zero attached hydrogens (tertiary/aromatic N) is 1. The fourth-order valence-electron chi connectivity index (χ4n) is 4.58. The molecule has 2 amide bonds. The molecule has 3 aromatic rings. The number of halogens is 3. The molecule has 1 aliphatic heterocycles. The van der Waals surface area contributed by atoms with Crippen molar-refractivity contribution in [2.75, 3.05) is 25.5 Å². The van der Waals surface area contributed by atoms with Gasteiger partial charge in [-0.25, -0.2) is 0 Å². The van der Waals surface area contributed by atoms with Gasteiger partial charge in [-0.2, -0.15) is 13.2 Å². The first-order valence-corrected chi connectivity index (χ1v) is 12.1. The predicted molar refractivity (Wildman–Crippen MR) is 133 cm³/mol. The minimum atomic E-state index is -4.72. The van der Waals surface area contributed by atoms with Crippen molar-refractivity contribution in [3.8, 4) is 5.75 Å². The van der Waals surface area contributed by atoms with Crippen molar-refractivity contribution in [1.29, 1.82) is 0 Å². The molecule has 1 aromatic heterocycles. The highest BCUT2D eigenvalue weighted by Gasteiger charge is 2.41. The van der Waals surface area contributed by atoms with Crippen LogP contribution in [0.1, 0.15) is 58.2 Å². The van der Waals surface area contributed by atoms with Crippen LogP contribution in [0.3, 0.4) is 0 Å². The fraction of sp³-hybridized carbons (Fsp3) is 0.357. The SMILES string of the molecule is COc1ccc(CCC(=O)Nc2ccc(C3CCN(C(=O)c4cc(C)oc4C(F)(F)F)CC3)cc2)cc1. The molecule has 6 nitrogen and oxygen atoms in total. The number of aryl methyl sites for hydroxylation is 2. The molecule has 196 valence electrons. The van der Waals surface area contributed by atoms with Gasteiger partial charge in [0.05, 0.1) is 12.7 Å². The molecule has 1 N–H and O–H groups in total. The number of methoxy groups -OCH3 is 1. The summed E-state index contributed by atoms with van der Waals surface area (Å²) < 4.78 is 49.6. The number of hydrogen-bond donors (Lipinski definition) is 1. The summed E-state index contributed by atoms with van der Waals surface area (Å²) in [6.07, 6.45) is -2.47. The number of carbonyl (C=O) groups is 2. The number of carbonyl (C=O) groups excluding carboxylic acids is 2. The number of nitrogens with one attached hydrogen (secondary N) is 1. The van der Waals surface area contributed by atoms with Crippen LogP contribution >= 0.6 is 0 Å². The lowest BCUT2D eigenvalue weighted by Gasteiger charge is -2.32. The number of rotatable bonds is 7. The second-order valence-corrected chi connectivity index (χ2v) is 9.18. The van der Waals surface area contributed by atoms with Gasteiger partial charge in [-0.05, 0) is 73.6 Å². The zero-order chi connectivity index (χ0) is 26.6. The van der Waals surface area contributed by atoms with E-state index >= 15 is 0 Å². The fourth-order valence-corrected chi connectivity index (χ4v) is 4.58. The summed E-state index contributed by atoms with van der Waals surface area (Å²) in [5.41, 5.74) is 2.38. The van der Waals surface area contributed by atoms with Gasteiger partial charge in [0.25, 0.3) is 5.91 Å². The highest BCUT2D eigenvalue weighted by molar-refractivity contribution is 5.95. The number of hydrogen-bond acceptors (Lipinski definition) is 4. The van der Waals surface area contributed by atoms with E-state index < -0.39 is 23.4 Å². The Bertz CT molecular complexity index is 1230. The molecule has 4 rings (SSSR count). The molecular formula is C28H29F3N2O4. The average Bonchev–Trinajstić information content (AvgIpc) is 3.30. The first-order valence-electron chi connectivity index (χ1n) is 12.1. The quantitative estimate of drug-likeness (QED) is 0.407. The van der Waals surface area contributed by atoms with Crippen LogP contribution in [0.2, 0.25) is 0 Å². The van der Waals surface area contributed by atoms with Gasteiger partial charge in [-0.15, -0.1) is 0 Å². The number of likely N-dealkylation sites (tertiary alicyclic amines) is 1. The Kier molecular flexibility index (Phi) is 7.90. The Hall–Kier alpha value is -3.75. The van der Waals surface area contributed by atoms with Crippen molar-refractivity contribution in [2.45, 2.75) is 44.7 Å². The lowest BCUT2D eigenvalue weighted by molar-refractivity contribution is -0.153. The van der Waals surface area contributed by atoms with Gasteiger partial charge in [0.1, 0.15) is 11.5 Å². The maximum absolute atomic E-state index is 13.2. The second-order valence-electron chi connectivity index (χ2n) is 9.18. The van der Waals surface area contributed by atoms with Crippen molar-refractivity contribution >= 4 is 17.5 Å². The zero-order valence-electron chi connectivity index (χ0n) is 20.7. The topological polar surface area (TPSA) is 71.8 Å². The normalized spacial score (nSPS) is 14.5. The number of alkyl halides is 3. The minimum Gasteiger partial charge on any atom is -0.497 e. The molecule has 2 aromatic carbocycles. The van der Waals surface area contributed by atoms with Gasteiger partial charge in [-0.3, -0.25) is 9.59 Å².